The van der Waals surface area contributed by atoms with E-state index in [1.165, 1.54) is 0 Å². The first-order chi connectivity index (χ1) is 11.0. The van der Waals surface area contributed by atoms with Gasteiger partial charge in [-0.2, -0.15) is 0 Å². The van der Waals surface area contributed by atoms with Crippen molar-refractivity contribution in [1.29, 1.82) is 0 Å². The highest BCUT2D eigenvalue weighted by atomic mass is 16.6. The van der Waals surface area contributed by atoms with Gasteiger partial charge in [-0.05, 0) is 43.1 Å². The maximum atomic E-state index is 11.8. The topological polar surface area (TPSA) is 90.7 Å². The van der Waals surface area contributed by atoms with E-state index in [1.807, 2.05) is 26.0 Å². The maximum Gasteiger partial charge on any atom is 0.344 e. The van der Waals surface area contributed by atoms with Crippen LogP contribution in [-0.4, -0.2) is 30.2 Å². The van der Waals surface area contributed by atoms with Gasteiger partial charge in [0.1, 0.15) is 5.76 Å². The van der Waals surface area contributed by atoms with E-state index in [-0.39, 0.29) is 19.1 Å². The second kappa shape index (κ2) is 7.44. The number of aromatic nitrogens is 1. The molecule has 0 unspecified atom stereocenters. The third-order valence-corrected chi connectivity index (χ3v) is 3.19. The van der Waals surface area contributed by atoms with E-state index in [1.54, 1.807) is 19.1 Å². The number of amides is 1. The second-order valence-corrected chi connectivity index (χ2v) is 5.02. The molecule has 0 radical (unpaired) electrons. The average Bonchev–Trinajstić information content (AvgIpc) is 2.93. The molecule has 0 aliphatic heterocycles. The first kappa shape index (κ1) is 16.5. The molecule has 0 atom stereocenters. The summed E-state index contributed by atoms with van der Waals surface area (Å²) in [5.74, 6) is -0.313. The van der Waals surface area contributed by atoms with E-state index in [9.17, 15) is 9.59 Å². The molecule has 0 bridgehead atoms. The van der Waals surface area contributed by atoms with Crippen LogP contribution in [0.25, 0.3) is 0 Å². The van der Waals surface area contributed by atoms with Gasteiger partial charge in [-0.15, -0.1) is 0 Å². The van der Waals surface area contributed by atoms with Crippen LogP contribution in [0.5, 0.6) is 5.88 Å². The van der Waals surface area contributed by atoms with Gasteiger partial charge in [0.15, 0.2) is 13.2 Å². The average molecular weight is 318 g/mol. The van der Waals surface area contributed by atoms with E-state index >= 15 is 0 Å². The van der Waals surface area contributed by atoms with Gasteiger partial charge in [0.05, 0.1) is 0 Å². The highest BCUT2D eigenvalue weighted by molar-refractivity contribution is 5.93. The quantitative estimate of drug-likeness (QED) is 0.821. The molecule has 1 heterocycles. The molecule has 7 heteroatoms. The zero-order chi connectivity index (χ0) is 16.8. The maximum absolute atomic E-state index is 11.8. The van der Waals surface area contributed by atoms with Crippen LogP contribution in [0, 0.1) is 20.8 Å². The standard InChI is InChI=1S/C16H18N2O5/c1-10-5-4-6-13(12(10)3)17-14(19)8-22-16(20)9-21-15-7-11(2)23-18-15/h4-7H,8-9H2,1-3H3,(H,17,19). The van der Waals surface area contributed by atoms with E-state index < -0.39 is 11.9 Å². The van der Waals surface area contributed by atoms with Gasteiger partial charge < -0.3 is 19.3 Å². The summed E-state index contributed by atoms with van der Waals surface area (Å²) in [7, 11) is 0. The second-order valence-electron chi connectivity index (χ2n) is 5.02. The predicted molar refractivity (Wildman–Crippen MR) is 82.2 cm³/mol. The molecule has 23 heavy (non-hydrogen) atoms. The molecule has 0 aliphatic carbocycles. The zero-order valence-electron chi connectivity index (χ0n) is 13.2. The van der Waals surface area contributed by atoms with Crippen LogP contribution in [0.2, 0.25) is 0 Å². The van der Waals surface area contributed by atoms with Crippen molar-refractivity contribution in [2.75, 3.05) is 18.5 Å². The monoisotopic (exact) mass is 318 g/mol. The number of aryl methyl sites for hydroxylation is 2. The molecule has 1 amide bonds. The van der Waals surface area contributed by atoms with E-state index in [0.29, 0.717) is 11.4 Å². The Kier molecular flexibility index (Phi) is 5.35. The van der Waals surface area contributed by atoms with Crippen molar-refractivity contribution >= 4 is 17.6 Å². The van der Waals surface area contributed by atoms with E-state index in [4.69, 9.17) is 14.0 Å². The fourth-order valence-electron chi connectivity index (χ4n) is 1.80. The van der Waals surface area contributed by atoms with Crippen LogP contribution >= 0.6 is 0 Å². The Morgan fingerprint density at radius 3 is 2.70 bits per heavy atom. The van der Waals surface area contributed by atoms with Gasteiger partial charge in [0, 0.05) is 11.8 Å². The summed E-state index contributed by atoms with van der Waals surface area (Å²) in [5.41, 5.74) is 2.73. The zero-order valence-corrected chi connectivity index (χ0v) is 13.2. The Morgan fingerprint density at radius 2 is 2.00 bits per heavy atom. The molecule has 0 saturated carbocycles. The molecule has 2 aromatic rings. The number of anilines is 1. The van der Waals surface area contributed by atoms with Crippen LogP contribution in [0.1, 0.15) is 16.9 Å². The molecule has 1 aromatic heterocycles. The molecule has 0 saturated heterocycles. The molecule has 122 valence electrons. The number of carbonyl (C=O) groups excluding carboxylic acids is 2. The summed E-state index contributed by atoms with van der Waals surface area (Å²) < 4.78 is 14.7. The lowest BCUT2D eigenvalue weighted by Crippen LogP contribution is -2.24. The summed E-state index contributed by atoms with van der Waals surface area (Å²) in [6.45, 7) is 4.84. The predicted octanol–water partition coefficient (Wildman–Crippen LogP) is 2.16. The number of hydrogen-bond acceptors (Lipinski definition) is 6. The highest BCUT2D eigenvalue weighted by Gasteiger charge is 2.11. The lowest BCUT2D eigenvalue weighted by atomic mass is 10.1. The third kappa shape index (κ3) is 4.84. The molecule has 2 rings (SSSR count). The van der Waals surface area contributed by atoms with Gasteiger partial charge >= 0.3 is 5.97 Å². The van der Waals surface area contributed by atoms with Crippen molar-refractivity contribution < 1.29 is 23.6 Å². The lowest BCUT2D eigenvalue weighted by Gasteiger charge is -2.10. The largest absolute Gasteiger partial charge is 0.463 e. The Morgan fingerprint density at radius 1 is 1.22 bits per heavy atom. The molecule has 1 N–H and O–H groups in total. The van der Waals surface area contributed by atoms with Crippen molar-refractivity contribution in [3.8, 4) is 5.88 Å². The van der Waals surface area contributed by atoms with Gasteiger partial charge in [0.25, 0.3) is 11.8 Å². The van der Waals surface area contributed by atoms with Crippen LogP contribution in [0.3, 0.4) is 0 Å². The summed E-state index contributed by atoms with van der Waals surface area (Å²) in [6, 6.07) is 7.13. The van der Waals surface area contributed by atoms with Crippen molar-refractivity contribution in [3.05, 3.63) is 41.2 Å². The smallest absolute Gasteiger partial charge is 0.344 e. The number of nitrogens with zero attached hydrogens (tertiary/aromatic N) is 1. The fraction of sp³-hybridized carbons (Fsp3) is 0.312. The summed E-state index contributed by atoms with van der Waals surface area (Å²) in [6.07, 6.45) is 0. The van der Waals surface area contributed by atoms with Crippen LogP contribution in [0.4, 0.5) is 5.69 Å². The number of benzene rings is 1. The number of nitrogens with one attached hydrogen (secondary N) is 1. The van der Waals surface area contributed by atoms with Crippen molar-refractivity contribution in [2.24, 2.45) is 0 Å². The van der Waals surface area contributed by atoms with Crippen molar-refractivity contribution in [3.63, 3.8) is 0 Å². The minimum Gasteiger partial charge on any atom is -0.463 e. The van der Waals surface area contributed by atoms with Crippen LogP contribution < -0.4 is 10.1 Å². The first-order valence-corrected chi connectivity index (χ1v) is 7.03. The van der Waals surface area contributed by atoms with Gasteiger partial charge in [-0.1, -0.05) is 12.1 Å². The summed E-state index contributed by atoms with van der Waals surface area (Å²) in [4.78, 5) is 23.3. The Balaban J connectivity index is 1.75. The van der Waals surface area contributed by atoms with Gasteiger partial charge in [-0.3, -0.25) is 4.79 Å². The van der Waals surface area contributed by atoms with Gasteiger partial charge in [0.2, 0.25) is 0 Å². The minimum absolute atomic E-state index is 0.194. The normalized spacial score (nSPS) is 10.2. The summed E-state index contributed by atoms with van der Waals surface area (Å²) >= 11 is 0. The molecular weight excluding hydrogens is 300 g/mol. The van der Waals surface area contributed by atoms with Gasteiger partial charge in [-0.25, -0.2) is 4.79 Å². The molecule has 7 nitrogen and oxygen atoms in total. The van der Waals surface area contributed by atoms with E-state index in [2.05, 4.69) is 10.5 Å². The Bertz CT molecular complexity index is 708. The number of rotatable bonds is 6. The Hall–Kier alpha value is -2.83. The van der Waals surface area contributed by atoms with Crippen molar-refractivity contribution in [2.45, 2.75) is 20.8 Å². The molecule has 0 fully saturated rings. The molecule has 0 aliphatic rings. The molecular formula is C16H18N2O5. The third-order valence-electron chi connectivity index (χ3n) is 3.19. The van der Waals surface area contributed by atoms with Crippen molar-refractivity contribution in [1.82, 2.24) is 5.16 Å². The van der Waals surface area contributed by atoms with Crippen LogP contribution in [0.15, 0.2) is 28.8 Å². The van der Waals surface area contributed by atoms with Crippen LogP contribution in [-0.2, 0) is 14.3 Å². The summed E-state index contributed by atoms with van der Waals surface area (Å²) in [5, 5.41) is 6.27. The molecule has 1 aromatic carbocycles. The van der Waals surface area contributed by atoms with E-state index in [0.717, 1.165) is 11.1 Å². The number of esters is 1. The Labute approximate surface area is 133 Å². The first-order valence-electron chi connectivity index (χ1n) is 7.03. The SMILES string of the molecule is Cc1cc(OCC(=O)OCC(=O)Nc2cccc(C)c2C)no1. The number of ether oxygens (including phenoxy) is 2. The molecule has 0 spiro atoms. The lowest BCUT2D eigenvalue weighted by molar-refractivity contribution is -0.149. The minimum atomic E-state index is -0.665. The number of carbonyl (C=O) groups is 2. The number of hydrogen-bond donors (Lipinski definition) is 1. The fourth-order valence-corrected chi connectivity index (χ4v) is 1.80. The highest BCUT2D eigenvalue weighted by Crippen LogP contribution is 2.17.